The van der Waals surface area contributed by atoms with Crippen molar-refractivity contribution in [1.82, 2.24) is 16.2 Å². The van der Waals surface area contributed by atoms with Gasteiger partial charge in [0, 0.05) is 6.54 Å². The van der Waals surface area contributed by atoms with E-state index < -0.39 is 6.04 Å². The summed E-state index contributed by atoms with van der Waals surface area (Å²) < 4.78 is 0. The van der Waals surface area contributed by atoms with Crippen LogP contribution in [0, 0.1) is 0 Å². The highest BCUT2D eigenvalue weighted by Crippen LogP contribution is 1.99. The van der Waals surface area contributed by atoms with E-state index in [1.54, 1.807) is 0 Å². The lowest BCUT2D eigenvalue weighted by Gasteiger charge is -2.09. The number of hydrogen-bond acceptors (Lipinski definition) is 4. The van der Waals surface area contributed by atoms with Gasteiger partial charge in [0.15, 0.2) is 0 Å². The molecule has 2 amide bonds. The summed E-state index contributed by atoms with van der Waals surface area (Å²) in [5, 5.41) is 2.24. The van der Waals surface area contributed by atoms with Crippen LogP contribution in [0.1, 0.15) is 32.6 Å². The van der Waals surface area contributed by atoms with Crippen LogP contribution < -0.4 is 16.2 Å². The Kier molecular flexibility index (Phi) is 4.55. The van der Waals surface area contributed by atoms with E-state index in [-0.39, 0.29) is 18.2 Å². The summed E-state index contributed by atoms with van der Waals surface area (Å²) >= 11 is 0. The zero-order valence-corrected chi connectivity index (χ0v) is 8.43. The van der Waals surface area contributed by atoms with Crippen LogP contribution in [-0.2, 0) is 9.59 Å². The Balaban J connectivity index is 2.07. The van der Waals surface area contributed by atoms with E-state index in [0.29, 0.717) is 0 Å². The molecular weight excluding hydrogens is 182 g/mol. The molecule has 1 unspecified atom stereocenters. The molecule has 3 N–H and O–H groups in total. The van der Waals surface area contributed by atoms with Crippen molar-refractivity contribution in [3.8, 4) is 0 Å². The van der Waals surface area contributed by atoms with E-state index in [0.717, 1.165) is 13.0 Å². The standard InChI is InChI=1S/C9H17N3O2/c1-2-3-4-5-10-12-7-6-8(13)11-9(7)14/h7,10,12H,2-6H2,1H3,(H,11,13,14). The molecule has 5 nitrogen and oxygen atoms in total. The highest BCUT2D eigenvalue weighted by atomic mass is 16.2. The fourth-order valence-corrected chi connectivity index (χ4v) is 1.33. The molecule has 1 atom stereocenters. The lowest BCUT2D eigenvalue weighted by molar-refractivity contribution is -0.125. The maximum atomic E-state index is 11.1. The van der Waals surface area contributed by atoms with Crippen LogP contribution in [0.5, 0.6) is 0 Å². The number of rotatable bonds is 6. The zero-order valence-electron chi connectivity index (χ0n) is 8.43. The Labute approximate surface area is 83.6 Å². The minimum absolute atomic E-state index is 0.206. The number of carbonyl (C=O) groups is 2. The summed E-state index contributed by atoms with van der Waals surface area (Å²) in [6.45, 7) is 2.96. The van der Waals surface area contributed by atoms with Gasteiger partial charge >= 0.3 is 0 Å². The molecule has 0 aromatic rings. The first-order valence-electron chi connectivity index (χ1n) is 5.06. The van der Waals surface area contributed by atoms with Gasteiger partial charge in [0.25, 0.3) is 0 Å². The number of imide groups is 1. The van der Waals surface area contributed by atoms with Crippen molar-refractivity contribution in [3.63, 3.8) is 0 Å². The van der Waals surface area contributed by atoms with Gasteiger partial charge in [0.2, 0.25) is 11.8 Å². The molecule has 1 aliphatic rings. The number of hydrazine groups is 1. The van der Waals surface area contributed by atoms with Crippen LogP contribution >= 0.6 is 0 Å². The van der Waals surface area contributed by atoms with E-state index >= 15 is 0 Å². The van der Waals surface area contributed by atoms with Crippen molar-refractivity contribution in [1.29, 1.82) is 0 Å². The SMILES string of the molecule is CCCCCNNC1CC(=O)NC1=O. The molecule has 5 heteroatoms. The average molecular weight is 199 g/mol. The second-order valence-electron chi connectivity index (χ2n) is 3.45. The van der Waals surface area contributed by atoms with Gasteiger partial charge in [-0.05, 0) is 6.42 Å². The molecule has 14 heavy (non-hydrogen) atoms. The molecule has 0 spiro atoms. The molecule has 0 aromatic heterocycles. The van der Waals surface area contributed by atoms with Crippen molar-refractivity contribution in [2.24, 2.45) is 0 Å². The van der Waals surface area contributed by atoms with Crippen LogP contribution in [0.25, 0.3) is 0 Å². The summed E-state index contributed by atoms with van der Waals surface area (Å²) in [5.74, 6) is -0.444. The monoisotopic (exact) mass is 199 g/mol. The maximum Gasteiger partial charge on any atom is 0.245 e. The first-order valence-corrected chi connectivity index (χ1v) is 5.06. The number of amides is 2. The van der Waals surface area contributed by atoms with Gasteiger partial charge in [-0.2, -0.15) is 0 Å². The average Bonchev–Trinajstić information content (AvgIpc) is 2.45. The number of hydrogen-bond donors (Lipinski definition) is 3. The second kappa shape index (κ2) is 5.72. The van der Waals surface area contributed by atoms with E-state index in [9.17, 15) is 9.59 Å². The maximum absolute atomic E-state index is 11.1. The number of unbranched alkanes of at least 4 members (excludes halogenated alkanes) is 2. The van der Waals surface area contributed by atoms with Gasteiger partial charge in [-0.1, -0.05) is 19.8 Å². The fraction of sp³-hybridized carbons (Fsp3) is 0.778. The van der Waals surface area contributed by atoms with E-state index in [1.807, 2.05) is 0 Å². The Hall–Kier alpha value is -0.940. The topological polar surface area (TPSA) is 70.2 Å². The molecule has 0 aliphatic carbocycles. The quantitative estimate of drug-likeness (QED) is 0.312. The van der Waals surface area contributed by atoms with Gasteiger partial charge in [-0.3, -0.25) is 20.3 Å². The third-order valence-electron chi connectivity index (χ3n) is 2.15. The molecular formula is C9H17N3O2. The van der Waals surface area contributed by atoms with Gasteiger partial charge in [0.05, 0.1) is 6.42 Å². The summed E-state index contributed by atoms with van der Waals surface area (Å²) in [4.78, 5) is 21.9. The Morgan fingerprint density at radius 3 is 2.79 bits per heavy atom. The molecule has 0 bridgehead atoms. The fourth-order valence-electron chi connectivity index (χ4n) is 1.33. The minimum Gasteiger partial charge on any atom is -0.295 e. The molecule has 0 radical (unpaired) electrons. The first-order chi connectivity index (χ1) is 6.74. The molecule has 1 rings (SSSR count). The predicted octanol–water partition coefficient (Wildman–Crippen LogP) is -0.314. The molecule has 0 aromatic carbocycles. The first kappa shape index (κ1) is 11.1. The Morgan fingerprint density at radius 1 is 1.43 bits per heavy atom. The summed E-state index contributed by atoms with van der Waals surface area (Å²) in [6, 6.07) is -0.399. The van der Waals surface area contributed by atoms with Crippen LogP contribution in [0.2, 0.25) is 0 Å². The summed E-state index contributed by atoms with van der Waals surface area (Å²) in [6.07, 6.45) is 3.65. The molecule has 0 saturated carbocycles. The number of carbonyl (C=O) groups excluding carboxylic acids is 2. The lowest BCUT2D eigenvalue weighted by Crippen LogP contribution is -2.45. The van der Waals surface area contributed by atoms with Crippen molar-refractivity contribution in [2.75, 3.05) is 6.54 Å². The van der Waals surface area contributed by atoms with Gasteiger partial charge in [-0.15, -0.1) is 0 Å². The molecule has 1 aliphatic heterocycles. The van der Waals surface area contributed by atoms with Crippen LogP contribution in [0.4, 0.5) is 0 Å². The van der Waals surface area contributed by atoms with Crippen molar-refractivity contribution < 1.29 is 9.59 Å². The molecule has 1 saturated heterocycles. The summed E-state index contributed by atoms with van der Waals surface area (Å²) in [5.41, 5.74) is 5.79. The van der Waals surface area contributed by atoms with E-state index in [1.165, 1.54) is 12.8 Å². The van der Waals surface area contributed by atoms with Gasteiger partial charge in [0.1, 0.15) is 6.04 Å². The zero-order chi connectivity index (χ0) is 10.4. The third-order valence-corrected chi connectivity index (χ3v) is 2.15. The van der Waals surface area contributed by atoms with Gasteiger partial charge in [-0.25, -0.2) is 5.43 Å². The molecule has 1 heterocycles. The predicted molar refractivity (Wildman–Crippen MR) is 52.2 cm³/mol. The number of nitrogens with one attached hydrogen (secondary N) is 3. The molecule has 1 fully saturated rings. The smallest absolute Gasteiger partial charge is 0.245 e. The van der Waals surface area contributed by atoms with Crippen molar-refractivity contribution in [2.45, 2.75) is 38.6 Å². The highest BCUT2D eigenvalue weighted by Gasteiger charge is 2.29. The molecule has 80 valence electrons. The minimum atomic E-state index is -0.399. The van der Waals surface area contributed by atoms with Crippen molar-refractivity contribution >= 4 is 11.8 Å². The van der Waals surface area contributed by atoms with Crippen LogP contribution in [-0.4, -0.2) is 24.4 Å². The van der Waals surface area contributed by atoms with E-state index in [4.69, 9.17) is 0 Å². The van der Waals surface area contributed by atoms with Crippen LogP contribution in [0.15, 0.2) is 0 Å². The Bertz CT molecular complexity index is 218. The Morgan fingerprint density at radius 2 is 2.21 bits per heavy atom. The lowest BCUT2D eigenvalue weighted by atomic mass is 10.2. The highest BCUT2D eigenvalue weighted by molar-refractivity contribution is 6.05. The normalized spacial score (nSPS) is 21.4. The largest absolute Gasteiger partial charge is 0.295 e. The van der Waals surface area contributed by atoms with Crippen LogP contribution in [0.3, 0.4) is 0 Å². The van der Waals surface area contributed by atoms with Crippen molar-refractivity contribution in [3.05, 3.63) is 0 Å². The summed E-state index contributed by atoms with van der Waals surface area (Å²) in [7, 11) is 0. The van der Waals surface area contributed by atoms with E-state index in [2.05, 4.69) is 23.1 Å². The second-order valence-corrected chi connectivity index (χ2v) is 3.45. The third kappa shape index (κ3) is 3.43. The van der Waals surface area contributed by atoms with Gasteiger partial charge < -0.3 is 0 Å².